The summed E-state index contributed by atoms with van der Waals surface area (Å²) in [7, 11) is 0. The van der Waals surface area contributed by atoms with E-state index in [0.29, 0.717) is 17.8 Å². The predicted octanol–water partition coefficient (Wildman–Crippen LogP) is 1.28. The number of carbonyl (C=O) groups is 2. The normalized spacial score (nSPS) is 14.3. The fourth-order valence-electron chi connectivity index (χ4n) is 1.99. The Hall–Kier alpha value is -2.96. The van der Waals surface area contributed by atoms with Crippen molar-refractivity contribution in [2.45, 2.75) is 12.8 Å². The van der Waals surface area contributed by atoms with Gasteiger partial charge >= 0.3 is 0 Å². The molecule has 21 heavy (non-hydrogen) atoms. The van der Waals surface area contributed by atoms with Gasteiger partial charge in [0.2, 0.25) is 5.91 Å². The average Bonchev–Trinajstić information content (AvgIpc) is 3.03. The maximum absolute atomic E-state index is 12.0. The van der Waals surface area contributed by atoms with Crippen LogP contribution in [0.5, 0.6) is 0 Å². The number of benzene rings is 1. The topological polar surface area (TPSA) is 99.2 Å². The van der Waals surface area contributed by atoms with E-state index in [9.17, 15) is 9.59 Å². The van der Waals surface area contributed by atoms with E-state index in [1.165, 1.54) is 0 Å². The molecule has 2 aromatic rings. The number of aromatic amines is 1. The first kappa shape index (κ1) is 13.0. The molecule has 106 valence electrons. The molecule has 3 rings (SSSR count). The quantitative estimate of drug-likeness (QED) is 0.791. The van der Waals surface area contributed by atoms with Crippen LogP contribution in [0.4, 0.5) is 5.69 Å². The Labute approximate surface area is 120 Å². The summed E-state index contributed by atoms with van der Waals surface area (Å²) in [6.45, 7) is 0. The van der Waals surface area contributed by atoms with E-state index < -0.39 is 0 Å². The van der Waals surface area contributed by atoms with Crippen LogP contribution in [0, 0.1) is 0 Å². The number of anilines is 1. The minimum absolute atomic E-state index is 0.171. The predicted molar refractivity (Wildman–Crippen MR) is 77.5 cm³/mol. The van der Waals surface area contributed by atoms with Crippen LogP contribution < -0.4 is 10.7 Å². The molecule has 0 bridgehead atoms. The second kappa shape index (κ2) is 5.58. The Morgan fingerprint density at radius 3 is 2.57 bits per heavy atom. The molecule has 2 heterocycles. The third kappa shape index (κ3) is 2.97. The fraction of sp³-hybridized carbons (Fsp3) is 0.143. The van der Waals surface area contributed by atoms with Crippen molar-refractivity contribution in [2.24, 2.45) is 5.10 Å². The minimum Gasteiger partial charge on any atom is -0.321 e. The summed E-state index contributed by atoms with van der Waals surface area (Å²) < 4.78 is 0. The molecule has 0 aliphatic carbocycles. The number of hydrogen-bond acceptors (Lipinski definition) is 4. The zero-order valence-corrected chi connectivity index (χ0v) is 11.1. The van der Waals surface area contributed by atoms with Gasteiger partial charge in [0.15, 0.2) is 0 Å². The molecule has 1 aliphatic rings. The number of nitrogens with one attached hydrogen (secondary N) is 3. The molecule has 1 aromatic heterocycles. The molecule has 0 fully saturated rings. The third-order valence-electron chi connectivity index (χ3n) is 3.12. The van der Waals surface area contributed by atoms with Gasteiger partial charge < -0.3 is 5.32 Å². The van der Waals surface area contributed by atoms with E-state index in [1.54, 1.807) is 18.3 Å². The SMILES string of the molecule is O=C1CCC(C(=O)Nc2ccc(-c3ccn[nH]3)cc2)=NN1. The van der Waals surface area contributed by atoms with Crippen LogP contribution in [0.2, 0.25) is 0 Å². The number of aromatic nitrogens is 2. The van der Waals surface area contributed by atoms with Crippen LogP contribution in [0.15, 0.2) is 41.6 Å². The summed E-state index contributed by atoms with van der Waals surface area (Å²) in [5.41, 5.74) is 5.19. The first-order valence-electron chi connectivity index (χ1n) is 6.49. The van der Waals surface area contributed by atoms with Crippen molar-refractivity contribution in [3.63, 3.8) is 0 Å². The van der Waals surface area contributed by atoms with E-state index in [4.69, 9.17) is 0 Å². The van der Waals surface area contributed by atoms with Crippen LogP contribution in [0.1, 0.15) is 12.8 Å². The lowest BCUT2D eigenvalue weighted by atomic mass is 10.1. The Balaban J connectivity index is 1.68. The second-order valence-corrected chi connectivity index (χ2v) is 4.60. The van der Waals surface area contributed by atoms with Gasteiger partial charge in [-0.15, -0.1) is 0 Å². The largest absolute Gasteiger partial charge is 0.321 e. The number of carbonyl (C=O) groups excluding carboxylic acids is 2. The highest BCUT2D eigenvalue weighted by molar-refractivity contribution is 6.43. The maximum atomic E-state index is 12.0. The van der Waals surface area contributed by atoms with Crippen LogP contribution in [0.3, 0.4) is 0 Å². The van der Waals surface area contributed by atoms with E-state index in [1.807, 2.05) is 18.2 Å². The highest BCUT2D eigenvalue weighted by atomic mass is 16.2. The highest BCUT2D eigenvalue weighted by Crippen LogP contribution is 2.19. The standard InChI is InChI=1S/C14H13N5O2/c20-13-6-5-12(18-19-13)14(21)16-10-3-1-9(2-4-10)11-7-8-15-17-11/h1-4,7-8H,5-6H2,(H,15,17)(H,16,21)(H,19,20). The number of nitrogens with zero attached hydrogens (tertiary/aromatic N) is 2. The first-order chi connectivity index (χ1) is 10.2. The summed E-state index contributed by atoms with van der Waals surface area (Å²) in [5, 5.41) is 13.3. The van der Waals surface area contributed by atoms with Crippen LogP contribution in [-0.4, -0.2) is 27.7 Å². The van der Waals surface area contributed by atoms with Gasteiger partial charge in [-0.2, -0.15) is 10.2 Å². The molecular formula is C14H13N5O2. The summed E-state index contributed by atoms with van der Waals surface area (Å²) >= 11 is 0. The zero-order chi connectivity index (χ0) is 14.7. The van der Waals surface area contributed by atoms with Gasteiger partial charge in [0.05, 0.1) is 5.69 Å². The van der Waals surface area contributed by atoms with Crippen LogP contribution in [-0.2, 0) is 9.59 Å². The number of hydrogen-bond donors (Lipinski definition) is 3. The van der Waals surface area contributed by atoms with Crippen molar-refractivity contribution in [2.75, 3.05) is 5.32 Å². The molecule has 0 saturated carbocycles. The van der Waals surface area contributed by atoms with E-state index in [2.05, 4.69) is 26.0 Å². The molecule has 0 atom stereocenters. The first-order valence-corrected chi connectivity index (χ1v) is 6.49. The monoisotopic (exact) mass is 283 g/mol. The summed E-state index contributed by atoms with van der Waals surface area (Å²) in [5.74, 6) is -0.472. The van der Waals surface area contributed by atoms with Crippen molar-refractivity contribution < 1.29 is 9.59 Å². The molecule has 1 aromatic carbocycles. The van der Waals surface area contributed by atoms with Gasteiger partial charge in [0.25, 0.3) is 5.91 Å². The smallest absolute Gasteiger partial charge is 0.271 e. The molecule has 0 unspecified atom stereocenters. The van der Waals surface area contributed by atoms with Gasteiger partial charge in [-0.05, 0) is 23.8 Å². The molecule has 0 saturated heterocycles. The molecule has 3 N–H and O–H groups in total. The summed E-state index contributed by atoms with van der Waals surface area (Å²) in [6.07, 6.45) is 2.31. The van der Waals surface area contributed by atoms with E-state index in [-0.39, 0.29) is 18.2 Å². The Bertz CT molecular complexity index is 689. The second-order valence-electron chi connectivity index (χ2n) is 4.60. The fourth-order valence-corrected chi connectivity index (χ4v) is 1.99. The zero-order valence-electron chi connectivity index (χ0n) is 11.1. The summed E-state index contributed by atoms with van der Waals surface area (Å²) in [4.78, 5) is 23.0. The average molecular weight is 283 g/mol. The van der Waals surface area contributed by atoms with Crippen molar-refractivity contribution >= 4 is 23.2 Å². The van der Waals surface area contributed by atoms with Crippen molar-refractivity contribution in [3.05, 3.63) is 36.5 Å². The Kier molecular flexibility index (Phi) is 3.46. The third-order valence-corrected chi connectivity index (χ3v) is 3.12. The Morgan fingerprint density at radius 1 is 1.14 bits per heavy atom. The van der Waals surface area contributed by atoms with Crippen molar-refractivity contribution in [3.8, 4) is 11.3 Å². The molecule has 7 nitrogen and oxygen atoms in total. The number of rotatable bonds is 3. The number of H-pyrrole nitrogens is 1. The molecule has 7 heteroatoms. The van der Waals surface area contributed by atoms with Gasteiger partial charge in [-0.1, -0.05) is 12.1 Å². The lowest BCUT2D eigenvalue weighted by molar-refractivity contribution is -0.121. The van der Waals surface area contributed by atoms with Crippen LogP contribution >= 0.6 is 0 Å². The van der Waals surface area contributed by atoms with Gasteiger partial charge in [-0.3, -0.25) is 14.7 Å². The molecule has 2 amide bonds. The highest BCUT2D eigenvalue weighted by Gasteiger charge is 2.18. The Morgan fingerprint density at radius 2 is 1.95 bits per heavy atom. The summed E-state index contributed by atoms with van der Waals surface area (Å²) in [6, 6.07) is 9.24. The lowest BCUT2D eigenvalue weighted by Gasteiger charge is -2.12. The van der Waals surface area contributed by atoms with Crippen molar-refractivity contribution in [1.82, 2.24) is 15.6 Å². The van der Waals surface area contributed by atoms with Gasteiger partial charge in [-0.25, -0.2) is 5.43 Å². The van der Waals surface area contributed by atoms with E-state index >= 15 is 0 Å². The van der Waals surface area contributed by atoms with Gasteiger partial charge in [0.1, 0.15) is 5.71 Å². The number of amides is 2. The molecule has 0 radical (unpaired) electrons. The number of hydrazone groups is 1. The van der Waals surface area contributed by atoms with Crippen LogP contribution in [0.25, 0.3) is 11.3 Å². The van der Waals surface area contributed by atoms with Gasteiger partial charge in [0, 0.05) is 24.7 Å². The molecule has 1 aliphatic heterocycles. The van der Waals surface area contributed by atoms with E-state index in [0.717, 1.165) is 11.3 Å². The lowest BCUT2D eigenvalue weighted by Crippen LogP contribution is -2.32. The molecular weight excluding hydrogens is 270 g/mol. The maximum Gasteiger partial charge on any atom is 0.271 e. The minimum atomic E-state index is -0.302. The molecule has 0 spiro atoms. The van der Waals surface area contributed by atoms with Crippen molar-refractivity contribution in [1.29, 1.82) is 0 Å².